The Morgan fingerprint density at radius 1 is 0.415 bits per heavy atom. The summed E-state index contributed by atoms with van der Waals surface area (Å²) in [6.07, 6.45) is -1.96. The Balaban J connectivity index is 1.15. The highest BCUT2D eigenvalue weighted by molar-refractivity contribution is 6.01. The molecule has 16 atom stereocenters. The number of phenolic OH excluding ortho intramolecular Hbond substituents is 4. The number of hydrogen-bond acceptors (Lipinski definition) is 25. The van der Waals surface area contributed by atoms with E-state index >= 15 is 0 Å². The Hall–Kier alpha value is -13.9. The second kappa shape index (κ2) is 54.3. The van der Waals surface area contributed by atoms with E-state index in [1.54, 1.807) is 58.0 Å². The molecule has 1 aliphatic rings. The van der Waals surface area contributed by atoms with Gasteiger partial charge in [0.1, 0.15) is 108 Å². The molecule has 736 valence electrons. The Morgan fingerprint density at radius 3 is 1.18 bits per heavy atom. The molecule has 0 aliphatic carbocycles. The van der Waals surface area contributed by atoms with Crippen LogP contribution in [0.4, 0.5) is 0 Å². The molecule has 1 fully saturated rings. The number of phenols is 4. The molecule has 42 nitrogen and oxygen atoms in total. The third kappa shape index (κ3) is 36.2. The van der Waals surface area contributed by atoms with Crippen molar-refractivity contribution in [2.24, 2.45) is 40.9 Å². The minimum Gasteiger partial charge on any atom is -0.508 e. The fourth-order valence-electron chi connectivity index (χ4n) is 14.6. The highest BCUT2D eigenvalue weighted by Crippen LogP contribution is 2.24. The first-order chi connectivity index (χ1) is 63.9. The van der Waals surface area contributed by atoms with Crippen molar-refractivity contribution in [1.82, 2.24) is 79.3 Å². The van der Waals surface area contributed by atoms with Crippen molar-refractivity contribution in [2.45, 2.75) is 236 Å². The van der Waals surface area contributed by atoms with Gasteiger partial charge in [-0.25, -0.2) is 4.79 Å². The summed E-state index contributed by atoms with van der Waals surface area (Å²) in [6, 6.07) is 9.51. The maximum Gasteiger partial charge on any atom is 0.326 e. The smallest absolute Gasteiger partial charge is 0.326 e. The molecule has 42 heteroatoms. The van der Waals surface area contributed by atoms with Crippen molar-refractivity contribution in [3.05, 3.63) is 155 Å². The maximum absolute atomic E-state index is 14.9. The molecule has 135 heavy (non-hydrogen) atoms. The van der Waals surface area contributed by atoms with Gasteiger partial charge in [0.2, 0.25) is 94.5 Å². The summed E-state index contributed by atoms with van der Waals surface area (Å²) in [7, 11) is 0. The number of hydrogen-bond donors (Lipinski definition) is 24. The van der Waals surface area contributed by atoms with Crippen molar-refractivity contribution in [3.8, 4) is 23.0 Å². The van der Waals surface area contributed by atoms with Crippen LogP contribution in [0.25, 0.3) is 0 Å². The number of rotatable bonds is 54. The van der Waals surface area contributed by atoms with E-state index in [9.17, 15) is 117 Å². The zero-order valence-corrected chi connectivity index (χ0v) is 77.1. The molecule has 27 N–H and O–H groups in total. The van der Waals surface area contributed by atoms with Crippen LogP contribution in [-0.2, 0) is 114 Å². The van der Waals surface area contributed by atoms with Crippen LogP contribution < -0.4 is 91.6 Å². The topological polar surface area (TPSA) is 682 Å². The molecule has 16 amide bonds. The number of primary amides is 1. The van der Waals surface area contributed by atoms with Crippen LogP contribution in [0.2, 0.25) is 0 Å². The quantitative estimate of drug-likeness (QED) is 0.0176. The molecule has 0 spiro atoms. The van der Waals surface area contributed by atoms with E-state index in [4.69, 9.17) is 17.2 Å². The Morgan fingerprint density at radius 2 is 0.770 bits per heavy atom. The van der Waals surface area contributed by atoms with Gasteiger partial charge in [-0.15, -0.1) is 0 Å². The zero-order chi connectivity index (χ0) is 100. The van der Waals surface area contributed by atoms with Crippen LogP contribution in [0.3, 0.4) is 0 Å². The SMILES string of the molecule is CC[C@H](C)[C@H](NC(=O)[C@@H](NC(=O)[C@H](CO)NC(=O)CNC(=O)[C@H](Cc1ccc(O)cc1)NC(=O)[C@@H]1CCCN1C(=O)[C@H](CC(C)C)NC(=O)[C@H](Cc1ccccc1)NC(=O)[C@@H](N)[C@@H](C)O)C(C)C)C(=O)N[C@@H](CC(N)=O)C(=O)N[C@@H](Cc1ccc(O)cc1)C(=O)N[C@@H](Cc1ccc(O)cc1)C(=O)NCC(=O)N[C@@H](Cc1ccc(O)cc1)C(=O)N[C@H](C(=O)N[C@@H](CCCCN)C(=O)O)C(C)C. The largest absolute Gasteiger partial charge is 0.508 e. The van der Waals surface area contributed by atoms with Crippen molar-refractivity contribution >= 4 is 100 Å². The Bertz CT molecular complexity index is 4860. The predicted molar refractivity (Wildman–Crippen MR) is 491 cm³/mol. The van der Waals surface area contributed by atoms with E-state index < -0.39 is 241 Å². The number of carboxylic acid groups (broad SMARTS) is 1. The number of nitrogens with one attached hydrogen (secondary N) is 14. The number of unbranched alkanes of at least 4 members (excludes halogenated alkanes) is 1. The van der Waals surface area contributed by atoms with Crippen molar-refractivity contribution in [1.29, 1.82) is 0 Å². The van der Waals surface area contributed by atoms with E-state index in [1.165, 1.54) is 123 Å². The van der Waals surface area contributed by atoms with Crippen LogP contribution in [0.1, 0.15) is 141 Å². The Labute approximate surface area is 781 Å². The molecule has 0 radical (unpaired) electrons. The summed E-state index contributed by atoms with van der Waals surface area (Å²) in [5.74, 6) is -19.9. The van der Waals surface area contributed by atoms with Crippen LogP contribution >= 0.6 is 0 Å². The molecule has 1 aliphatic heterocycles. The molecule has 5 aromatic carbocycles. The van der Waals surface area contributed by atoms with Crippen molar-refractivity contribution < 1.29 is 117 Å². The molecular weight excluding hydrogens is 1750 g/mol. The average Bonchev–Trinajstić information content (AvgIpc) is 1.76. The molecule has 0 saturated carbocycles. The molecule has 0 bridgehead atoms. The number of aromatic hydroxyl groups is 4. The lowest BCUT2D eigenvalue weighted by Gasteiger charge is -2.31. The lowest BCUT2D eigenvalue weighted by atomic mass is 9.95. The van der Waals surface area contributed by atoms with Crippen LogP contribution in [0.15, 0.2) is 127 Å². The first kappa shape index (κ1) is 110. The predicted octanol–water partition coefficient (Wildman–Crippen LogP) is -2.74. The van der Waals surface area contributed by atoms with Crippen molar-refractivity contribution in [2.75, 3.05) is 32.8 Å². The summed E-state index contributed by atoms with van der Waals surface area (Å²) in [5.41, 5.74) is 19.3. The van der Waals surface area contributed by atoms with Gasteiger partial charge in [0, 0.05) is 38.6 Å². The number of aliphatic carboxylic acids is 1. The van der Waals surface area contributed by atoms with Gasteiger partial charge >= 0.3 is 5.97 Å². The van der Waals surface area contributed by atoms with E-state index in [0.29, 0.717) is 41.5 Å². The number of nitrogens with two attached hydrogens (primary N) is 3. The molecule has 0 unspecified atom stereocenters. The van der Waals surface area contributed by atoms with E-state index in [2.05, 4.69) is 74.4 Å². The number of carbonyl (C=O) groups excluding carboxylic acids is 16. The van der Waals surface area contributed by atoms with Gasteiger partial charge in [-0.1, -0.05) is 141 Å². The van der Waals surface area contributed by atoms with Gasteiger partial charge in [0.25, 0.3) is 0 Å². The normalized spacial score (nSPS) is 15.7. The van der Waals surface area contributed by atoms with Gasteiger partial charge < -0.3 is 132 Å². The average molecular weight is 1880 g/mol. The van der Waals surface area contributed by atoms with Gasteiger partial charge in [-0.2, -0.15) is 0 Å². The number of likely N-dealkylation sites (tertiary alicyclic amines) is 1. The number of aliphatic hydroxyl groups excluding tert-OH is 2. The first-order valence-corrected chi connectivity index (χ1v) is 44.8. The van der Waals surface area contributed by atoms with Gasteiger partial charge in [0.15, 0.2) is 0 Å². The molecule has 0 aromatic heterocycles. The van der Waals surface area contributed by atoms with Crippen LogP contribution in [0, 0.1) is 23.7 Å². The summed E-state index contributed by atoms with van der Waals surface area (Å²) in [4.78, 5) is 240. The van der Waals surface area contributed by atoms with Crippen LogP contribution in [-0.4, -0.2) is 265 Å². The van der Waals surface area contributed by atoms with Gasteiger partial charge in [-0.05, 0) is 152 Å². The summed E-state index contributed by atoms with van der Waals surface area (Å²) >= 11 is 0. The first-order valence-electron chi connectivity index (χ1n) is 44.8. The number of amides is 16. The maximum atomic E-state index is 14.9. The third-order valence-corrected chi connectivity index (χ3v) is 22.5. The third-order valence-electron chi connectivity index (χ3n) is 22.5. The number of benzene rings is 5. The highest BCUT2D eigenvalue weighted by Gasteiger charge is 2.43. The molecular formula is C93H130N18O24. The minimum atomic E-state index is -1.93. The molecule has 6 rings (SSSR count). The lowest BCUT2D eigenvalue weighted by Crippen LogP contribution is -2.62. The fourth-order valence-corrected chi connectivity index (χ4v) is 14.6. The van der Waals surface area contributed by atoms with Gasteiger partial charge in [-0.3, -0.25) is 76.7 Å². The summed E-state index contributed by atoms with van der Waals surface area (Å²) < 4.78 is 0. The monoisotopic (exact) mass is 1880 g/mol. The van der Waals surface area contributed by atoms with Crippen LogP contribution in [0.5, 0.6) is 23.0 Å². The lowest BCUT2D eigenvalue weighted by molar-refractivity contribution is -0.143. The molecule has 1 heterocycles. The van der Waals surface area contributed by atoms with Crippen molar-refractivity contribution in [3.63, 3.8) is 0 Å². The standard InChI is InChI=1S/C93H130N18O24/c1-10-52(8)79(110-90(131)78(51(6)7)109-86(127)71(48-112)100-75(120)47-98-81(122)65(42-56-23-31-60(115)32-24-56)104-87(128)72-20-16-38-111(72)92(133)70(39-49(2)3)107-83(124)68(40-54-17-12-11-13-18-54)105-88(129)76(96)53(9)113)91(132)106-69(45-73(95)118)84(125)103-67(44-58-27-35-62(117)36-28-58)82(123)102-64(41-55-21-29-59(114)30-22-55)80(121)97-46-74(119)99-66(43-57-25-33-61(116)34-26-57)85(126)108-77(50(4)5)89(130)101-63(93(134)135)19-14-15-37-94/h11-13,17-18,21-36,49-53,63-72,76-79,112-117H,10,14-16,19-20,37-48,94,96H2,1-9H3,(H2,95,118)(H,97,121)(H,98,122)(H,99,119)(H,100,120)(H,101,130)(H,102,123)(H,103,125)(H,104,128)(H,105,129)(H,106,132)(H,107,124)(H,108,126)(H,109,127)(H,110,131)(H,134,135)/t52-,53+,63-,64-,65-,66-,67-,68-,69-,70-,71-,72-,76-,77-,78-,79-/m0/s1. The second-order valence-corrected chi connectivity index (χ2v) is 34.7. The number of nitrogens with zero attached hydrogens (tertiary/aromatic N) is 1. The fraction of sp³-hybridized carbons (Fsp3) is 0.495. The number of aliphatic hydroxyl groups is 2. The molecule has 5 aromatic rings. The van der Waals surface area contributed by atoms with E-state index in [-0.39, 0.29) is 98.9 Å². The summed E-state index contributed by atoms with van der Waals surface area (Å²) in [6.45, 7) is 11.8. The van der Waals surface area contributed by atoms with E-state index in [1.807, 2.05) is 13.8 Å². The summed E-state index contributed by atoms with van der Waals surface area (Å²) in [5, 5.41) is 107. The zero-order valence-electron chi connectivity index (χ0n) is 77.1. The second-order valence-electron chi connectivity index (χ2n) is 34.7. The van der Waals surface area contributed by atoms with E-state index in [0.717, 1.165) is 0 Å². The molecule has 1 saturated heterocycles. The van der Waals surface area contributed by atoms with Gasteiger partial charge in [0.05, 0.1) is 32.2 Å². The number of carboxylic acids is 1. The Kier molecular flexibility index (Phi) is 44.2. The highest BCUT2D eigenvalue weighted by atomic mass is 16.4. The minimum absolute atomic E-state index is 0.0290. The number of carbonyl (C=O) groups is 17.